The summed E-state index contributed by atoms with van der Waals surface area (Å²) in [5, 5.41) is 9.57. The number of hydrogen-bond donors (Lipinski definition) is 2. The van der Waals surface area contributed by atoms with Crippen LogP contribution in [0.4, 0.5) is 0 Å². The molecule has 0 bridgehead atoms. The minimum Gasteiger partial charge on any atom is -0.378 e. The lowest BCUT2D eigenvalue weighted by Crippen LogP contribution is -2.34. The van der Waals surface area contributed by atoms with Crippen LogP contribution in [0.2, 0.25) is 0 Å². The smallest absolute Gasteiger partial charge is 0.188 e. The fraction of sp³-hybridized carbons (Fsp3) is 1.00. The third-order valence-electron chi connectivity index (χ3n) is 1.59. The summed E-state index contributed by atoms with van der Waals surface area (Å²) in [4.78, 5) is 1.38. The Bertz CT molecular complexity index is 126. The molecule has 1 heterocycles. The van der Waals surface area contributed by atoms with Crippen LogP contribution in [0.3, 0.4) is 0 Å². The molecule has 0 aromatic rings. The molecule has 1 saturated heterocycles. The summed E-state index contributed by atoms with van der Waals surface area (Å²) < 4.78 is -0.0556. The maximum Gasteiger partial charge on any atom is 0.188 e. The molecule has 10 heavy (non-hydrogen) atoms. The van der Waals surface area contributed by atoms with Crippen molar-refractivity contribution in [3.8, 4) is 0 Å². The van der Waals surface area contributed by atoms with E-state index in [1.165, 1.54) is 4.81 Å². The maximum absolute atomic E-state index is 9.36. The van der Waals surface area contributed by atoms with Crippen molar-refractivity contribution in [1.29, 1.82) is 0 Å². The highest BCUT2D eigenvalue weighted by atomic mass is 32.2. The van der Waals surface area contributed by atoms with Crippen LogP contribution in [0.1, 0.15) is 13.3 Å². The summed E-state index contributed by atoms with van der Waals surface area (Å²) in [7, 11) is 5.47. The topological polar surface area (TPSA) is 23.5 Å². The van der Waals surface area contributed by atoms with Crippen molar-refractivity contribution in [2.24, 2.45) is 0 Å². The van der Waals surface area contributed by atoms with E-state index in [-0.39, 0.29) is 9.96 Å². The van der Waals surface area contributed by atoms with Crippen LogP contribution in [-0.2, 0) is 0 Å². The van der Waals surface area contributed by atoms with Crippen LogP contribution in [-0.4, -0.2) is 34.1 Å². The number of aliphatic hydroxyl groups is 1. The fourth-order valence-corrected chi connectivity index (χ4v) is 2.58. The molecule has 0 amide bonds. The Kier molecular flexibility index (Phi) is 2.97. The molecule has 3 unspecified atom stereocenters. The van der Waals surface area contributed by atoms with Crippen LogP contribution < -0.4 is 0 Å². The van der Waals surface area contributed by atoms with E-state index in [9.17, 15) is 5.11 Å². The Morgan fingerprint density at radius 3 is 2.60 bits per heavy atom. The van der Waals surface area contributed by atoms with E-state index < -0.39 is 6.23 Å². The Morgan fingerprint density at radius 1 is 1.80 bits per heavy atom. The molecule has 1 fully saturated rings. The third-order valence-corrected chi connectivity index (χ3v) is 3.64. The molecule has 0 aromatic heterocycles. The van der Waals surface area contributed by atoms with Crippen molar-refractivity contribution >= 4 is 32.4 Å². The quantitative estimate of drug-likeness (QED) is 0.446. The second-order valence-corrected chi connectivity index (χ2v) is 4.43. The van der Waals surface area contributed by atoms with Crippen LogP contribution >= 0.6 is 24.4 Å². The second kappa shape index (κ2) is 3.39. The van der Waals surface area contributed by atoms with Gasteiger partial charge in [-0.2, -0.15) is 12.6 Å². The highest BCUT2D eigenvalue weighted by Gasteiger charge is 2.34. The molecule has 1 N–H and O–H groups in total. The van der Waals surface area contributed by atoms with E-state index in [1.807, 2.05) is 6.92 Å². The number of rotatable bonds is 1. The highest BCUT2D eigenvalue weighted by molar-refractivity contribution is 8.11. The number of thiol groups is 1. The van der Waals surface area contributed by atoms with Gasteiger partial charge in [0, 0.05) is 5.25 Å². The third kappa shape index (κ3) is 1.47. The Morgan fingerprint density at radius 2 is 2.40 bits per heavy atom. The van der Waals surface area contributed by atoms with Gasteiger partial charge in [0.05, 0.1) is 4.71 Å². The molecular weight excluding hydrogens is 165 g/mol. The van der Waals surface area contributed by atoms with Crippen LogP contribution in [0.15, 0.2) is 0 Å². The van der Waals surface area contributed by atoms with Crippen molar-refractivity contribution in [3.05, 3.63) is 0 Å². The zero-order valence-corrected chi connectivity index (χ0v) is 7.48. The van der Waals surface area contributed by atoms with Gasteiger partial charge < -0.3 is 9.92 Å². The molecule has 1 rings (SSSR count). The van der Waals surface area contributed by atoms with Gasteiger partial charge in [-0.1, -0.05) is 6.92 Å². The minimum absolute atomic E-state index is 0.0556. The summed E-state index contributed by atoms with van der Waals surface area (Å²) >= 11 is 5.76. The van der Waals surface area contributed by atoms with Crippen molar-refractivity contribution in [1.82, 2.24) is 4.81 Å². The first-order valence-electron chi connectivity index (χ1n) is 3.21. The van der Waals surface area contributed by atoms with Gasteiger partial charge >= 0.3 is 0 Å². The van der Waals surface area contributed by atoms with Gasteiger partial charge in [0.15, 0.2) is 7.98 Å². The molecule has 56 valence electrons. The van der Waals surface area contributed by atoms with Crippen molar-refractivity contribution in [2.45, 2.75) is 29.5 Å². The van der Waals surface area contributed by atoms with Gasteiger partial charge in [-0.15, -0.1) is 11.8 Å². The van der Waals surface area contributed by atoms with E-state index in [0.717, 1.165) is 6.42 Å². The Balaban J connectivity index is 2.53. The number of aliphatic hydroxyl groups excluding tert-OH is 1. The van der Waals surface area contributed by atoms with Crippen molar-refractivity contribution in [3.63, 3.8) is 0 Å². The molecule has 0 aromatic carbocycles. The average Bonchev–Trinajstić information content (AvgIpc) is 2.17. The summed E-state index contributed by atoms with van der Waals surface area (Å²) in [5.41, 5.74) is 0. The average molecular weight is 175 g/mol. The zero-order chi connectivity index (χ0) is 7.72. The van der Waals surface area contributed by atoms with Crippen molar-refractivity contribution < 1.29 is 5.11 Å². The van der Waals surface area contributed by atoms with Crippen molar-refractivity contribution in [2.75, 3.05) is 0 Å². The molecule has 5 heteroatoms. The summed E-state index contributed by atoms with van der Waals surface area (Å²) in [5.74, 6) is 0. The Hall–Kier alpha value is 0.685. The lowest BCUT2D eigenvalue weighted by atomic mass is 10.2. The minimum atomic E-state index is -0.530. The summed E-state index contributed by atoms with van der Waals surface area (Å²) in [6.45, 7) is 2.03. The summed E-state index contributed by atoms with van der Waals surface area (Å²) in [6, 6.07) is 0. The lowest BCUT2D eigenvalue weighted by Gasteiger charge is -2.18. The van der Waals surface area contributed by atoms with Gasteiger partial charge in [0.1, 0.15) is 6.23 Å². The zero-order valence-electron chi connectivity index (χ0n) is 5.77. The Labute approximate surface area is 72.2 Å². The largest absolute Gasteiger partial charge is 0.378 e. The fourth-order valence-electron chi connectivity index (χ4n) is 0.927. The van der Waals surface area contributed by atoms with Gasteiger partial charge in [0.25, 0.3) is 0 Å². The molecule has 1 aliphatic heterocycles. The standard InChI is InChI=1S/C5H10BNOS2/c1-2-3-4(8)7(6)5(9)10-3/h3-5,8-9H,2H2,1H3. The van der Waals surface area contributed by atoms with E-state index in [4.69, 9.17) is 7.98 Å². The first-order valence-corrected chi connectivity index (χ1v) is 4.67. The van der Waals surface area contributed by atoms with Gasteiger partial charge in [-0.25, -0.2) is 0 Å². The van der Waals surface area contributed by atoms with E-state index >= 15 is 0 Å². The monoisotopic (exact) mass is 175 g/mol. The predicted molar refractivity (Wildman–Crippen MR) is 48.0 cm³/mol. The van der Waals surface area contributed by atoms with E-state index in [1.54, 1.807) is 11.8 Å². The normalized spacial score (nSPS) is 42.5. The lowest BCUT2D eigenvalue weighted by molar-refractivity contribution is 0.0799. The first kappa shape index (κ1) is 8.78. The molecule has 0 aliphatic carbocycles. The second-order valence-electron chi connectivity index (χ2n) is 2.27. The number of nitrogens with zero attached hydrogens (tertiary/aromatic N) is 1. The van der Waals surface area contributed by atoms with E-state index in [2.05, 4.69) is 12.6 Å². The molecule has 3 atom stereocenters. The molecule has 0 spiro atoms. The molecular formula is C5H10BNOS2. The SMILES string of the molecule is [B]N1C(S)SC(CC)C1O. The number of hydrogen-bond acceptors (Lipinski definition) is 4. The van der Waals surface area contributed by atoms with E-state index in [0.29, 0.717) is 0 Å². The molecule has 0 saturated carbocycles. The molecule has 1 aliphatic rings. The van der Waals surface area contributed by atoms with Crippen LogP contribution in [0.25, 0.3) is 0 Å². The van der Waals surface area contributed by atoms with Gasteiger partial charge in [-0.05, 0) is 6.42 Å². The van der Waals surface area contributed by atoms with Crippen LogP contribution in [0, 0.1) is 0 Å². The van der Waals surface area contributed by atoms with Gasteiger partial charge in [0.2, 0.25) is 0 Å². The van der Waals surface area contributed by atoms with Crippen LogP contribution in [0.5, 0.6) is 0 Å². The predicted octanol–water partition coefficient (Wildman–Crippen LogP) is 0.429. The first-order chi connectivity index (χ1) is 4.66. The summed E-state index contributed by atoms with van der Waals surface area (Å²) in [6.07, 6.45) is 0.397. The molecule has 2 radical (unpaired) electrons. The highest BCUT2D eigenvalue weighted by Crippen LogP contribution is 2.36. The number of thioether (sulfide) groups is 1. The van der Waals surface area contributed by atoms with Gasteiger partial charge in [-0.3, -0.25) is 0 Å². The maximum atomic E-state index is 9.36. The molecule has 2 nitrogen and oxygen atoms in total.